The second-order valence-electron chi connectivity index (χ2n) is 8.39. The number of nitrogens with one attached hydrogen (secondary N) is 2. The first-order chi connectivity index (χ1) is 15.7. The van der Waals surface area contributed by atoms with Gasteiger partial charge in [0, 0.05) is 44.5 Å². The van der Waals surface area contributed by atoms with E-state index in [4.69, 9.17) is 9.73 Å². The number of rotatable bonds is 10. The van der Waals surface area contributed by atoms with E-state index in [0.717, 1.165) is 58.3 Å². The lowest BCUT2D eigenvalue weighted by Gasteiger charge is -2.30. The molecule has 0 amide bonds. The summed E-state index contributed by atoms with van der Waals surface area (Å²) < 4.78 is 5.51. The minimum atomic E-state index is 0.479. The normalized spacial score (nSPS) is 15.6. The Hall–Kier alpha value is -2.57. The van der Waals surface area contributed by atoms with Gasteiger partial charge in [-0.05, 0) is 44.5 Å². The summed E-state index contributed by atoms with van der Waals surface area (Å²) >= 11 is 0. The maximum Gasteiger partial charge on any atom is 0.191 e. The maximum atomic E-state index is 5.51. The molecule has 0 radical (unpaired) electrons. The van der Waals surface area contributed by atoms with Crippen LogP contribution in [0.1, 0.15) is 31.4 Å². The Kier molecular flexibility index (Phi) is 9.85. The molecule has 0 spiro atoms. The molecule has 3 rings (SSSR count). The molecule has 1 unspecified atom stereocenters. The zero-order chi connectivity index (χ0) is 22.6. The zero-order valence-electron chi connectivity index (χ0n) is 19.9. The first kappa shape index (κ1) is 24.1. The standard InChI is InChI=1S/C26H39N5O/c1-4-27-26(28-15-14-22(2)30(3)21-23-10-6-5-7-11-23)29-20-24-12-8-9-13-25(24)31-16-18-32-19-17-31/h5-13,22H,4,14-21H2,1-3H3,(H2,27,28,29). The molecule has 32 heavy (non-hydrogen) atoms. The Morgan fingerprint density at radius 2 is 1.78 bits per heavy atom. The molecule has 0 bridgehead atoms. The van der Waals surface area contributed by atoms with E-state index in [1.165, 1.54) is 16.8 Å². The Morgan fingerprint density at radius 1 is 1.06 bits per heavy atom. The fourth-order valence-electron chi connectivity index (χ4n) is 3.91. The van der Waals surface area contributed by atoms with E-state index in [2.05, 4.69) is 95.9 Å². The molecule has 1 aliphatic heterocycles. The van der Waals surface area contributed by atoms with E-state index in [9.17, 15) is 0 Å². The summed E-state index contributed by atoms with van der Waals surface area (Å²) in [5.41, 5.74) is 3.87. The number of guanidine groups is 1. The molecule has 2 N–H and O–H groups in total. The predicted molar refractivity (Wildman–Crippen MR) is 134 cm³/mol. The Balaban J connectivity index is 1.52. The van der Waals surface area contributed by atoms with Crippen molar-refractivity contribution < 1.29 is 4.74 Å². The van der Waals surface area contributed by atoms with E-state index in [0.29, 0.717) is 12.6 Å². The lowest BCUT2D eigenvalue weighted by molar-refractivity contribution is 0.122. The lowest BCUT2D eigenvalue weighted by atomic mass is 10.1. The van der Waals surface area contributed by atoms with Crippen molar-refractivity contribution in [1.29, 1.82) is 0 Å². The fraction of sp³-hybridized carbons (Fsp3) is 0.500. The lowest BCUT2D eigenvalue weighted by Crippen LogP contribution is -2.40. The number of hydrogen-bond acceptors (Lipinski definition) is 4. The van der Waals surface area contributed by atoms with Gasteiger partial charge in [0.05, 0.1) is 19.8 Å². The van der Waals surface area contributed by atoms with Crippen LogP contribution in [-0.2, 0) is 17.8 Å². The first-order valence-corrected chi connectivity index (χ1v) is 11.8. The maximum absolute atomic E-state index is 5.51. The fourth-order valence-corrected chi connectivity index (χ4v) is 3.91. The van der Waals surface area contributed by atoms with E-state index in [-0.39, 0.29) is 0 Å². The summed E-state index contributed by atoms with van der Waals surface area (Å²) in [7, 11) is 2.19. The average molecular weight is 438 g/mol. The highest BCUT2D eigenvalue weighted by atomic mass is 16.5. The second-order valence-corrected chi connectivity index (χ2v) is 8.39. The highest BCUT2D eigenvalue weighted by molar-refractivity contribution is 5.79. The van der Waals surface area contributed by atoms with Crippen LogP contribution in [0.3, 0.4) is 0 Å². The van der Waals surface area contributed by atoms with Crippen molar-refractivity contribution in [3.8, 4) is 0 Å². The molecule has 6 nitrogen and oxygen atoms in total. The second kappa shape index (κ2) is 13.1. The smallest absolute Gasteiger partial charge is 0.191 e. The van der Waals surface area contributed by atoms with Crippen molar-refractivity contribution in [3.63, 3.8) is 0 Å². The van der Waals surface area contributed by atoms with Crippen LogP contribution in [0, 0.1) is 0 Å². The molecule has 0 saturated carbocycles. The van der Waals surface area contributed by atoms with E-state index in [1.54, 1.807) is 0 Å². The minimum Gasteiger partial charge on any atom is -0.378 e. The van der Waals surface area contributed by atoms with Gasteiger partial charge in [-0.2, -0.15) is 0 Å². The minimum absolute atomic E-state index is 0.479. The van der Waals surface area contributed by atoms with Gasteiger partial charge in [-0.25, -0.2) is 4.99 Å². The van der Waals surface area contributed by atoms with Crippen LogP contribution in [0.4, 0.5) is 5.69 Å². The number of aliphatic imine (C=N–C) groups is 1. The Labute approximate surface area is 193 Å². The van der Waals surface area contributed by atoms with E-state index < -0.39 is 0 Å². The van der Waals surface area contributed by atoms with Crippen LogP contribution in [0.5, 0.6) is 0 Å². The van der Waals surface area contributed by atoms with Gasteiger partial charge < -0.3 is 20.3 Å². The average Bonchev–Trinajstić information content (AvgIpc) is 2.84. The molecule has 174 valence electrons. The number of benzene rings is 2. The van der Waals surface area contributed by atoms with Gasteiger partial charge in [0.15, 0.2) is 5.96 Å². The molecule has 1 heterocycles. The van der Waals surface area contributed by atoms with Crippen molar-refractivity contribution in [1.82, 2.24) is 15.5 Å². The number of para-hydroxylation sites is 1. The van der Waals surface area contributed by atoms with Crippen LogP contribution >= 0.6 is 0 Å². The molecule has 6 heteroatoms. The highest BCUT2D eigenvalue weighted by Gasteiger charge is 2.14. The van der Waals surface area contributed by atoms with Gasteiger partial charge >= 0.3 is 0 Å². The topological polar surface area (TPSA) is 52.1 Å². The van der Waals surface area contributed by atoms with E-state index in [1.807, 2.05) is 0 Å². The third-order valence-electron chi connectivity index (χ3n) is 5.98. The molecule has 1 aliphatic rings. The summed E-state index contributed by atoms with van der Waals surface area (Å²) in [6, 6.07) is 19.7. The molecule has 0 aliphatic carbocycles. The van der Waals surface area contributed by atoms with Crippen LogP contribution in [0.2, 0.25) is 0 Å². The van der Waals surface area contributed by atoms with Gasteiger partial charge in [0.2, 0.25) is 0 Å². The monoisotopic (exact) mass is 437 g/mol. The summed E-state index contributed by atoms with van der Waals surface area (Å²) in [4.78, 5) is 9.68. The third kappa shape index (κ3) is 7.53. The molecule has 1 saturated heterocycles. The van der Waals surface area contributed by atoms with Gasteiger partial charge in [-0.3, -0.25) is 4.90 Å². The van der Waals surface area contributed by atoms with Crippen molar-refractivity contribution in [2.45, 2.75) is 39.4 Å². The Bertz CT molecular complexity index is 820. The molecule has 1 fully saturated rings. The van der Waals surface area contributed by atoms with Crippen molar-refractivity contribution in [2.24, 2.45) is 4.99 Å². The first-order valence-electron chi connectivity index (χ1n) is 11.8. The molecule has 2 aromatic carbocycles. The SMILES string of the molecule is CCNC(=NCc1ccccc1N1CCOCC1)NCCC(C)N(C)Cc1ccccc1. The largest absolute Gasteiger partial charge is 0.378 e. The predicted octanol–water partition coefficient (Wildman–Crippen LogP) is 3.49. The number of anilines is 1. The van der Waals surface area contributed by atoms with Crippen molar-refractivity contribution in [3.05, 3.63) is 65.7 Å². The quantitative estimate of drug-likeness (QED) is 0.440. The molecule has 2 aromatic rings. The summed E-state index contributed by atoms with van der Waals surface area (Å²) in [5.74, 6) is 0.877. The van der Waals surface area contributed by atoms with Crippen LogP contribution < -0.4 is 15.5 Å². The van der Waals surface area contributed by atoms with E-state index >= 15 is 0 Å². The summed E-state index contributed by atoms with van der Waals surface area (Å²) in [5, 5.41) is 6.90. The number of nitrogens with zero attached hydrogens (tertiary/aromatic N) is 3. The number of morpholine rings is 1. The van der Waals surface area contributed by atoms with Crippen LogP contribution in [0.25, 0.3) is 0 Å². The third-order valence-corrected chi connectivity index (χ3v) is 5.98. The molecular formula is C26H39N5O. The number of hydrogen-bond donors (Lipinski definition) is 2. The number of ether oxygens (including phenoxy) is 1. The van der Waals surface area contributed by atoms with Gasteiger partial charge in [-0.15, -0.1) is 0 Å². The summed E-state index contributed by atoms with van der Waals surface area (Å²) in [6.07, 6.45) is 1.05. The van der Waals surface area contributed by atoms with Gasteiger partial charge in [0.1, 0.15) is 0 Å². The molecule has 0 aromatic heterocycles. The van der Waals surface area contributed by atoms with Gasteiger partial charge in [-0.1, -0.05) is 48.5 Å². The van der Waals surface area contributed by atoms with Gasteiger partial charge in [0.25, 0.3) is 0 Å². The van der Waals surface area contributed by atoms with Crippen molar-refractivity contribution in [2.75, 3.05) is 51.3 Å². The van der Waals surface area contributed by atoms with Crippen molar-refractivity contribution >= 4 is 11.6 Å². The highest BCUT2D eigenvalue weighted by Crippen LogP contribution is 2.22. The zero-order valence-corrected chi connectivity index (χ0v) is 19.9. The van der Waals surface area contributed by atoms with Crippen LogP contribution in [0.15, 0.2) is 59.6 Å². The summed E-state index contributed by atoms with van der Waals surface area (Å²) in [6.45, 7) is 11.2. The Morgan fingerprint density at radius 3 is 2.53 bits per heavy atom. The molecule has 1 atom stereocenters. The molecular weight excluding hydrogens is 398 g/mol. The van der Waals surface area contributed by atoms with Crippen LogP contribution in [-0.4, -0.2) is 63.3 Å².